The molecule has 0 saturated carbocycles. The smallest absolute Gasteiger partial charge is 0.240 e. The number of benzene rings is 1. The Balaban J connectivity index is 2.69. The van der Waals surface area contributed by atoms with E-state index in [1.807, 2.05) is 20.8 Å². The van der Waals surface area contributed by atoms with Crippen molar-refractivity contribution in [1.29, 1.82) is 5.26 Å². The quantitative estimate of drug-likeness (QED) is 0.620. The van der Waals surface area contributed by atoms with E-state index >= 15 is 0 Å². The molecule has 0 aromatic heterocycles. The molecule has 0 fully saturated rings. The van der Waals surface area contributed by atoms with Crippen molar-refractivity contribution in [3.63, 3.8) is 0 Å². The van der Waals surface area contributed by atoms with Crippen molar-refractivity contribution in [1.82, 2.24) is 5.32 Å². The molecule has 1 atom stereocenters. The molecule has 0 aliphatic heterocycles. The number of rotatable bonds is 10. The molecule has 1 aromatic carbocycles. The van der Waals surface area contributed by atoms with Gasteiger partial charge in [0.1, 0.15) is 12.1 Å². The molecule has 0 spiro atoms. The molecule has 138 valence electrons. The van der Waals surface area contributed by atoms with Crippen molar-refractivity contribution in [2.24, 2.45) is 5.92 Å². The average molecular weight is 368 g/mol. The predicted octanol–water partition coefficient (Wildman–Crippen LogP) is 3.22. The van der Waals surface area contributed by atoms with Gasteiger partial charge in [0.25, 0.3) is 0 Å². The predicted molar refractivity (Wildman–Crippen MR) is 98.9 cm³/mol. The first-order valence-corrected chi connectivity index (χ1v) is 8.67. The lowest BCUT2D eigenvalue weighted by Gasteiger charge is -2.27. The van der Waals surface area contributed by atoms with Gasteiger partial charge >= 0.3 is 0 Å². The van der Waals surface area contributed by atoms with Crippen LogP contribution in [0.1, 0.15) is 27.7 Å². The van der Waals surface area contributed by atoms with E-state index in [4.69, 9.17) is 21.1 Å². The number of nitrogens with zero attached hydrogens (tertiary/aromatic N) is 1. The number of hydrogen-bond acceptors (Lipinski definition) is 5. The summed E-state index contributed by atoms with van der Waals surface area (Å²) in [5, 5.41) is 15.5. The number of ether oxygens (including phenoxy) is 2. The van der Waals surface area contributed by atoms with Crippen LogP contribution in [0.5, 0.6) is 5.75 Å². The molecule has 1 rings (SSSR count). The molecule has 7 heteroatoms. The molecule has 0 aliphatic carbocycles. The summed E-state index contributed by atoms with van der Waals surface area (Å²) in [4.78, 5) is 12.2. The summed E-state index contributed by atoms with van der Waals surface area (Å²) < 4.78 is 10.9. The number of carbonyl (C=O) groups excluding carboxylic acids is 1. The number of amides is 1. The number of carbonyl (C=O) groups is 1. The SMILES string of the molecule is CCOCCOc1c(Cl)cccc1NCC(=O)N[C@](C)(C#N)C(C)C. The third-order valence-electron chi connectivity index (χ3n) is 3.87. The van der Waals surface area contributed by atoms with Crippen LogP contribution in [0.15, 0.2) is 18.2 Å². The van der Waals surface area contributed by atoms with E-state index in [1.54, 1.807) is 25.1 Å². The Kier molecular flexibility index (Phi) is 8.53. The van der Waals surface area contributed by atoms with Crippen LogP contribution in [-0.2, 0) is 9.53 Å². The number of hydrogen-bond donors (Lipinski definition) is 2. The van der Waals surface area contributed by atoms with Gasteiger partial charge in [0.05, 0.1) is 29.9 Å². The topological polar surface area (TPSA) is 83.4 Å². The molecule has 0 aliphatic rings. The molecule has 1 aromatic rings. The lowest BCUT2D eigenvalue weighted by molar-refractivity contribution is -0.121. The molecule has 0 bridgehead atoms. The van der Waals surface area contributed by atoms with Gasteiger partial charge in [-0.3, -0.25) is 4.79 Å². The zero-order valence-electron chi connectivity index (χ0n) is 15.2. The number of anilines is 1. The first-order valence-electron chi connectivity index (χ1n) is 8.29. The first kappa shape index (κ1) is 21.1. The summed E-state index contributed by atoms with van der Waals surface area (Å²) in [5.41, 5.74) is -0.299. The van der Waals surface area contributed by atoms with Crippen molar-refractivity contribution >= 4 is 23.2 Å². The third-order valence-corrected chi connectivity index (χ3v) is 4.17. The van der Waals surface area contributed by atoms with Crippen molar-refractivity contribution in [3.05, 3.63) is 23.2 Å². The van der Waals surface area contributed by atoms with Gasteiger partial charge in [-0.25, -0.2) is 0 Å². The van der Waals surface area contributed by atoms with Crippen LogP contribution < -0.4 is 15.4 Å². The van der Waals surface area contributed by atoms with Crippen LogP contribution in [0, 0.1) is 17.2 Å². The lowest BCUT2D eigenvalue weighted by Crippen LogP contribution is -2.50. The van der Waals surface area contributed by atoms with Crippen molar-refractivity contribution in [3.8, 4) is 11.8 Å². The molecule has 0 radical (unpaired) electrons. The minimum atomic E-state index is -0.913. The van der Waals surface area contributed by atoms with Crippen LogP contribution in [0.4, 0.5) is 5.69 Å². The Labute approximate surface area is 154 Å². The molecular formula is C18H26ClN3O3. The maximum absolute atomic E-state index is 12.2. The minimum Gasteiger partial charge on any atom is -0.487 e. The second-order valence-electron chi connectivity index (χ2n) is 6.03. The van der Waals surface area contributed by atoms with Gasteiger partial charge < -0.3 is 20.1 Å². The fourth-order valence-corrected chi connectivity index (χ4v) is 2.18. The van der Waals surface area contributed by atoms with Crippen molar-refractivity contribution in [2.75, 3.05) is 31.7 Å². The van der Waals surface area contributed by atoms with Gasteiger partial charge in [-0.05, 0) is 31.9 Å². The standard InChI is InChI=1S/C18H26ClN3O3/c1-5-24-9-10-25-17-14(19)7-6-8-15(17)21-11-16(23)22-18(4,12-20)13(2)3/h6-8,13,21H,5,9-11H2,1-4H3,(H,22,23)/t18-/m1/s1. The number of halogens is 1. The highest BCUT2D eigenvalue weighted by molar-refractivity contribution is 6.32. The van der Waals surface area contributed by atoms with Gasteiger partial charge in [0, 0.05) is 6.61 Å². The van der Waals surface area contributed by atoms with Crippen LogP contribution in [0.25, 0.3) is 0 Å². The highest BCUT2D eigenvalue weighted by Crippen LogP contribution is 2.32. The van der Waals surface area contributed by atoms with E-state index in [0.29, 0.717) is 36.3 Å². The second-order valence-corrected chi connectivity index (χ2v) is 6.44. The van der Waals surface area contributed by atoms with E-state index in [0.717, 1.165) is 0 Å². The minimum absolute atomic E-state index is 0.00610. The maximum atomic E-state index is 12.2. The van der Waals surface area contributed by atoms with E-state index in [-0.39, 0.29) is 18.4 Å². The summed E-state index contributed by atoms with van der Waals surface area (Å²) in [7, 11) is 0. The largest absolute Gasteiger partial charge is 0.487 e. The molecule has 1 amide bonds. The lowest BCUT2D eigenvalue weighted by atomic mass is 9.90. The van der Waals surface area contributed by atoms with E-state index in [9.17, 15) is 10.1 Å². The molecule has 0 heterocycles. The summed E-state index contributed by atoms with van der Waals surface area (Å²) in [5.74, 6) is 0.187. The van der Waals surface area contributed by atoms with Crippen LogP contribution in [0.3, 0.4) is 0 Å². The van der Waals surface area contributed by atoms with Crippen LogP contribution in [-0.4, -0.2) is 37.8 Å². The van der Waals surface area contributed by atoms with Gasteiger partial charge in [0.15, 0.2) is 5.75 Å². The molecule has 0 unspecified atom stereocenters. The molecular weight excluding hydrogens is 342 g/mol. The maximum Gasteiger partial charge on any atom is 0.240 e. The number of para-hydroxylation sites is 1. The van der Waals surface area contributed by atoms with Crippen LogP contribution in [0.2, 0.25) is 5.02 Å². The second kappa shape index (κ2) is 10.1. The molecule has 0 saturated heterocycles. The van der Waals surface area contributed by atoms with Crippen molar-refractivity contribution < 1.29 is 14.3 Å². The molecule has 6 nitrogen and oxygen atoms in total. The Bertz CT molecular complexity index is 616. The van der Waals surface area contributed by atoms with Gasteiger partial charge in [0.2, 0.25) is 5.91 Å². The Morgan fingerprint density at radius 2 is 2.12 bits per heavy atom. The Hall–Kier alpha value is -1.97. The average Bonchev–Trinajstić information content (AvgIpc) is 2.58. The summed E-state index contributed by atoms with van der Waals surface area (Å²) in [6, 6.07) is 7.41. The normalized spacial score (nSPS) is 13.0. The summed E-state index contributed by atoms with van der Waals surface area (Å²) in [6.07, 6.45) is 0. The fraction of sp³-hybridized carbons (Fsp3) is 0.556. The summed E-state index contributed by atoms with van der Waals surface area (Å²) in [6.45, 7) is 8.83. The van der Waals surface area contributed by atoms with Gasteiger partial charge in [-0.2, -0.15) is 5.26 Å². The summed E-state index contributed by atoms with van der Waals surface area (Å²) >= 11 is 6.18. The Morgan fingerprint density at radius 3 is 2.72 bits per heavy atom. The highest BCUT2D eigenvalue weighted by Gasteiger charge is 2.29. The number of nitrogens with one attached hydrogen (secondary N) is 2. The van der Waals surface area contributed by atoms with Gasteiger partial charge in [-0.15, -0.1) is 0 Å². The zero-order chi connectivity index (χ0) is 18.9. The van der Waals surface area contributed by atoms with Gasteiger partial charge in [-0.1, -0.05) is 31.5 Å². The zero-order valence-corrected chi connectivity index (χ0v) is 15.9. The van der Waals surface area contributed by atoms with Crippen molar-refractivity contribution in [2.45, 2.75) is 33.2 Å². The Morgan fingerprint density at radius 1 is 1.40 bits per heavy atom. The molecule has 25 heavy (non-hydrogen) atoms. The third kappa shape index (κ3) is 6.45. The number of nitriles is 1. The van der Waals surface area contributed by atoms with Crippen LogP contribution >= 0.6 is 11.6 Å². The highest BCUT2D eigenvalue weighted by atomic mass is 35.5. The monoisotopic (exact) mass is 367 g/mol. The van der Waals surface area contributed by atoms with E-state index < -0.39 is 5.54 Å². The van der Waals surface area contributed by atoms with E-state index in [1.165, 1.54) is 0 Å². The molecule has 2 N–H and O–H groups in total. The first-order chi connectivity index (χ1) is 11.8. The van der Waals surface area contributed by atoms with E-state index in [2.05, 4.69) is 16.7 Å². The fourth-order valence-electron chi connectivity index (χ4n) is 1.95.